The Bertz CT molecular complexity index is 1700. The van der Waals surface area contributed by atoms with E-state index in [4.69, 9.17) is 38.9 Å². The molecule has 5 rings (SSSR count). The molecule has 2 fully saturated rings. The zero-order chi connectivity index (χ0) is 39.2. The second kappa shape index (κ2) is 20.6. The molecule has 9 atom stereocenters. The van der Waals surface area contributed by atoms with Crippen molar-refractivity contribution < 1.29 is 52.3 Å². The Kier molecular flexibility index (Phi) is 15.5. The van der Waals surface area contributed by atoms with E-state index in [1.54, 1.807) is 0 Å². The van der Waals surface area contributed by atoms with Crippen LogP contribution in [0.15, 0.2) is 104 Å². The van der Waals surface area contributed by atoms with Gasteiger partial charge < -0.3 is 49.5 Å². The number of fused-ring (bicyclic) bond motifs is 1. The molecule has 2 heterocycles. The fourth-order valence-electron chi connectivity index (χ4n) is 6.00. The van der Waals surface area contributed by atoms with Crippen LogP contribution >= 0.6 is 0 Å². The second-order valence-electron chi connectivity index (χ2n) is 13.2. The van der Waals surface area contributed by atoms with E-state index in [1.165, 1.54) is 19.9 Å². The van der Waals surface area contributed by atoms with Crippen molar-refractivity contribution in [1.82, 2.24) is 10.6 Å². The first-order valence-corrected chi connectivity index (χ1v) is 18.2. The highest BCUT2D eigenvalue weighted by Crippen LogP contribution is 2.35. The summed E-state index contributed by atoms with van der Waals surface area (Å²) < 4.78 is 41.5. The molecule has 2 aliphatic heterocycles. The minimum atomic E-state index is -1.20. The molecule has 2 amide bonds. The third kappa shape index (κ3) is 12.0. The van der Waals surface area contributed by atoms with E-state index < -0.39 is 78.9 Å². The number of hydrogen-bond donors (Lipinski definition) is 3. The van der Waals surface area contributed by atoms with E-state index in [2.05, 4.69) is 17.2 Å². The average Bonchev–Trinajstić information content (AvgIpc) is 3.21. The Hall–Kier alpha value is -4.96. The van der Waals surface area contributed by atoms with Crippen LogP contribution in [0.3, 0.4) is 0 Å². The third-order valence-corrected chi connectivity index (χ3v) is 9.02. The summed E-state index contributed by atoms with van der Waals surface area (Å²) in [5.41, 5.74) is 9.23. The molecular formula is C41H49N3O11. The molecule has 0 aromatic heterocycles. The predicted molar refractivity (Wildman–Crippen MR) is 198 cm³/mol. The number of rotatable bonds is 18. The van der Waals surface area contributed by atoms with Crippen molar-refractivity contribution in [3.63, 3.8) is 0 Å². The SMILES string of the molecule is C=CCOC(=O)[C@@H](CCC(=O)OCc1ccccc1)NC(=O)[C@H](C)NC(=O)[C@@H](C)O[C@@H]1[C@@H](N)[C@@H](OCc2ccccc2)O[C@@H]2CO[C@@H](c3ccccc3)O[C@@H]12. The molecule has 55 heavy (non-hydrogen) atoms. The van der Waals surface area contributed by atoms with E-state index in [1.807, 2.05) is 91.0 Å². The number of benzene rings is 3. The number of ether oxygens (including phenoxy) is 7. The van der Waals surface area contributed by atoms with Gasteiger partial charge in [-0.25, -0.2) is 4.79 Å². The second-order valence-corrected chi connectivity index (χ2v) is 13.2. The van der Waals surface area contributed by atoms with Crippen molar-refractivity contribution in [3.05, 3.63) is 120 Å². The number of amides is 2. The van der Waals surface area contributed by atoms with Crippen molar-refractivity contribution >= 4 is 23.8 Å². The fourth-order valence-corrected chi connectivity index (χ4v) is 6.00. The van der Waals surface area contributed by atoms with E-state index >= 15 is 0 Å². The molecule has 0 aliphatic carbocycles. The predicted octanol–water partition coefficient (Wildman–Crippen LogP) is 3.39. The Morgan fingerprint density at radius 1 is 0.855 bits per heavy atom. The van der Waals surface area contributed by atoms with Gasteiger partial charge in [-0.15, -0.1) is 0 Å². The lowest BCUT2D eigenvalue weighted by Gasteiger charge is -2.48. The maximum absolute atomic E-state index is 13.5. The van der Waals surface area contributed by atoms with Crippen LogP contribution in [0.5, 0.6) is 0 Å². The minimum Gasteiger partial charge on any atom is -0.461 e. The van der Waals surface area contributed by atoms with Crippen LogP contribution in [0, 0.1) is 0 Å². The lowest BCUT2D eigenvalue weighted by Crippen LogP contribution is -2.66. The van der Waals surface area contributed by atoms with Crippen LogP contribution in [0.2, 0.25) is 0 Å². The maximum Gasteiger partial charge on any atom is 0.328 e. The highest BCUT2D eigenvalue weighted by molar-refractivity contribution is 5.91. The van der Waals surface area contributed by atoms with E-state index in [0.29, 0.717) is 0 Å². The van der Waals surface area contributed by atoms with Crippen LogP contribution in [-0.2, 0) is 65.5 Å². The summed E-state index contributed by atoms with van der Waals surface area (Å²) in [5.74, 6) is -2.63. The van der Waals surface area contributed by atoms with Gasteiger partial charge in [-0.05, 0) is 31.4 Å². The van der Waals surface area contributed by atoms with Crippen molar-refractivity contribution in [2.24, 2.45) is 5.73 Å². The summed E-state index contributed by atoms with van der Waals surface area (Å²) >= 11 is 0. The largest absolute Gasteiger partial charge is 0.461 e. The van der Waals surface area contributed by atoms with Gasteiger partial charge in [0, 0.05) is 12.0 Å². The van der Waals surface area contributed by atoms with Gasteiger partial charge in [-0.2, -0.15) is 0 Å². The first-order valence-electron chi connectivity index (χ1n) is 18.2. The lowest BCUT2D eigenvalue weighted by atomic mass is 9.95. The Balaban J connectivity index is 1.20. The van der Waals surface area contributed by atoms with Crippen LogP contribution in [-0.4, -0.2) is 85.8 Å². The Labute approximate surface area is 320 Å². The van der Waals surface area contributed by atoms with Crippen LogP contribution in [0.4, 0.5) is 0 Å². The van der Waals surface area contributed by atoms with Crippen molar-refractivity contribution in [1.29, 1.82) is 0 Å². The molecule has 0 radical (unpaired) electrons. The molecule has 0 saturated carbocycles. The van der Waals surface area contributed by atoms with Gasteiger partial charge in [0.2, 0.25) is 11.8 Å². The summed E-state index contributed by atoms with van der Waals surface area (Å²) in [5, 5.41) is 5.21. The molecule has 14 nitrogen and oxygen atoms in total. The molecule has 3 aromatic carbocycles. The standard InChI is InChI=1S/C41H49N3O11/c1-4-22-49-39(48)31(20-21-33(45)50-23-28-14-8-5-9-15-28)44-37(46)26(2)43-38(47)27(3)53-36-34(42)41(51-24-29-16-10-6-11-17-29)54-32-25-52-40(55-35(32)36)30-18-12-7-13-19-30/h4-19,26-27,31-32,34-36,40-41H,1,20-25,42H2,2-3H3,(H,43,47)(H,44,46)/t26-,27+,31+,32+,34+,35+,36+,40+,41-/m0/s1. The molecule has 3 aromatic rings. The molecule has 0 spiro atoms. The maximum atomic E-state index is 13.5. The Morgan fingerprint density at radius 3 is 2.15 bits per heavy atom. The number of carbonyl (C=O) groups excluding carboxylic acids is 4. The van der Waals surface area contributed by atoms with E-state index in [0.717, 1.165) is 16.7 Å². The number of esters is 2. The highest BCUT2D eigenvalue weighted by atomic mass is 16.8. The summed E-state index contributed by atoms with van der Waals surface area (Å²) in [7, 11) is 0. The number of nitrogens with two attached hydrogens (primary N) is 1. The first kappa shape index (κ1) is 41.2. The first-order chi connectivity index (χ1) is 26.6. The minimum absolute atomic E-state index is 0.0655. The lowest BCUT2D eigenvalue weighted by molar-refractivity contribution is -0.349. The number of hydrogen-bond acceptors (Lipinski definition) is 12. The summed E-state index contributed by atoms with van der Waals surface area (Å²) in [6.07, 6.45) is -3.89. The highest BCUT2D eigenvalue weighted by Gasteiger charge is 2.50. The molecular weight excluding hydrogens is 710 g/mol. The zero-order valence-electron chi connectivity index (χ0n) is 31.0. The van der Waals surface area contributed by atoms with E-state index in [9.17, 15) is 19.2 Å². The van der Waals surface area contributed by atoms with Gasteiger partial charge in [0.05, 0.1) is 19.3 Å². The quantitative estimate of drug-likeness (QED) is 0.127. The van der Waals surface area contributed by atoms with Crippen LogP contribution in [0.25, 0.3) is 0 Å². The average molecular weight is 760 g/mol. The fraction of sp³-hybridized carbons (Fsp3) is 0.415. The molecule has 2 saturated heterocycles. The summed E-state index contributed by atoms with van der Waals surface area (Å²) in [4.78, 5) is 52.1. The molecule has 0 bridgehead atoms. The summed E-state index contributed by atoms with van der Waals surface area (Å²) in [6, 6.07) is 24.9. The molecule has 2 aliphatic rings. The number of nitrogens with one attached hydrogen (secondary N) is 2. The topological polar surface area (TPSA) is 183 Å². The van der Waals surface area contributed by atoms with Gasteiger partial charge in [-0.3, -0.25) is 14.4 Å². The monoisotopic (exact) mass is 759 g/mol. The van der Waals surface area contributed by atoms with Gasteiger partial charge in [0.1, 0.15) is 49.7 Å². The van der Waals surface area contributed by atoms with Gasteiger partial charge in [0.25, 0.3) is 0 Å². The van der Waals surface area contributed by atoms with Crippen molar-refractivity contribution in [2.75, 3.05) is 13.2 Å². The van der Waals surface area contributed by atoms with Crippen LogP contribution < -0.4 is 16.4 Å². The Morgan fingerprint density at radius 2 is 1.49 bits per heavy atom. The van der Waals surface area contributed by atoms with Gasteiger partial charge >= 0.3 is 11.9 Å². The third-order valence-electron chi connectivity index (χ3n) is 9.02. The zero-order valence-corrected chi connectivity index (χ0v) is 31.0. The van der Waals surface area contributed by atoms with Crippen molar-refractivity contribution in [3.8, 4) is 0 Å². The molecule has 14 heteroatoms. The van der Waals surface area contributed by atoms with Crippen LogP contribution in [0.1, 0.15) is 49.7 Å². The summed E-state index contributed by atoms with van der Waals surface area (Å²) in [6.45, 7) is 6.86. The smallest absolute Gasteiger partial charge is 0.328 e. The normalized spacial score (nSPS) is 23.5. The van der Waals surface area contributed by atoms with Gasteiger partial charge in [0.15, 0.2) is 12.6 Å². The van der Waals surface area contributed by atoms with E-state index in [-0.39, 0.29) is 39.3 Å². The molecule has 294 valence electrons. The number of carbonyl (C=O) groups is 4. The van der Waals surface area contributed by atoms with Crippen molar-refractivity contribution in [2.45, 2.75) is 95.0 Å². The molecule has 4 N–H and O–H groups in total. The molecule has 0 unspecified atom stereocenters. The van der Waals surface area contributed by atoms with Gasteiger partial charge in [-0.1, -0.05) is 104 Å².